The van der Waals surface area contributed by atoms with Gasteiger partial charge in [-0.05, 0) is 60.4 Å². The van der Waals surface area contributed by atoms with Crippen molar-refractivity contribution >= 4 is 21.6 Å². The van der Waals surface area contributed by atoms with E-state index in [0.717, 1.165) is 31.6 Å². The highest BCUT2D eigenvalue weighted by Crippen LogP contribution is 2.45. The third kappa shape index (κ3) is 2.72. The van der Waals surface area contributed by atoms with Gasteiger partial charge in [-0.2, -0.15) is 0 Å². The SMILES string of the molecule is COc1cccc2c1CC[C@@H]1CNC(CCn3c(=O)[nH]c4ccsc4c3=O)[C@@H]21. The second kappa shape index (κ2) is 6.90. The summed E-state index contributed by atoms with van der Waals surface area (Å²) < 4.78 is 7.55. The van der Waals surface area contributed by atoms with Crippen LogP contribution >= 0.6 is 11.3 Å². The minimum Gasteiger partial charge on any atom is -0.496 e. The second-order valence-corrected chi connectivity index (χ2v) is 8.62. The predicted octanol–water partition coefficient (Wildman–Crippen LogP) is 2.47. The highest BCUT2D eigenvalue weighted by atomic mass is 32.1. The first kappa shape index (κ1) is 17.7. The quantitative estimate of drug-likeness (QED) is 0.709. The second-order valence-electron chi connectivity index (χ2n) is 7.71. The Morgan fingerprint density at radius 1 is 1.29 bits per heavy atom. The van der Waals surface area contributed by atoms with E-state index in [1.54, 1.807) is 13.2 Å². The number of ether oxygens (including phenoxy) is 1. The van der Waals surface area contributed by atoms with Gasteiger partial charge in [0.15, 0.2) is 0 Å². The number of methoxy groups -OCH3 is 1. The largest absolute Gasteiger partial charge is 0.496 e. The molecule has 1 aromatic carbocycles. The standard InChI is InChI=1S/C21H23N3O3S/c1-27-17-4-2-3-14-13(17)6-5-12-11-22-15(18(12)14)7-9-24-20(25)19-16(8-10-28-19)23-21(24)26/h2-4,8,10,12,15,18,22H,5-7,9,11H2,1H3,(H,23,26)/t12-,15?,18-/m1/s1. The van der Waals surface area contributed by atoms with E-state index >= 15 is 0 Å². The smallest absolute Gasteiger partial charge is 0.328 e. The van der Waals surface area contributed by atoms with Gasteiger partial charge in [-0.15, -0.1) is 11.3 Å². The van der Waals surface area contributed by atoms with E-state index in [0.29, 0.717) is 28.6 Å². The number of rotatable bonds is 4. The van der Waals surface area contributed by atoms with Crippen LogP contribution in [0.3, 0.4) is 0 Å². The van der Waals surface area contributed by atoms with Crippen LogP contribution in [0.5, 0.6) is 5.75 Å². The van der Waals surface area contributed by atoms with E-state index in [9.17, 15) is 9.59 Å². The average Bonchev–Trinajstić information content (AvgIpc) is 3.34. The molecule has 1 unspecified atom stereocenters. The Bertz CT molecular complexity index is 1150. The lowest BCUT2D eigenvalue weighted by atomic mass is 9.73. The van der Waals surface area contributed by atoms with Gasteiger partial charge in [0.05, 0.1) is 12.6 Å². The van der Waals surface area contributed by atoms with Crippen molar-refractivity contribution in [3.8, 4) is 5.75 Å². The van der Waals surface area contributed by atoms with Crippen molar-refractivity contribution in [3.63, 3.8) is 0 Å². The van der Waals surface area contributed by atoms with Crippen molar-refractivity contribution in [2.24, 2.45) is 5.92 Å². The maximum Gasteiger partial charge on any atom is 0.328 e. The molecule has 3 aromatic rings. The molecule has 1 saturated heterocycles. The molecule has 7 heteroatoms. The van der Waals surface area contributed by atoms with Crippen LogP contribution in [0, 0.1) is 5.92 Å². The van der Waals surface area contributed by atoms with Crippen LogP contribution in [0.1, 0.15) is 29.9 Å². The fourth-order valence-electron chi connectivity index (χ4n) is 5.04. The summed E-state index contributed by atoms with van der Waals surface area (Å²) in [6.07, 6.45) is 2.93. The Hall–Kier alpha value is -2.38. The lowest BCUT2D eigenvalue weighted by Gasteiger charge is -2.32. The lowest BCUT2D eigenvalue weighted by molar-refractivity contribution is 0.371. The molecule has 146 valence electrons. The van der Waals surface area contributed by atoms with Gasteiger partial charge in [-0.25, -0.2) is 4.79 Å². The van der Waals surface area contributed by atoms with Gasteiger partial charge in [-0.3, -0.25) is 9.36 Å². The number of aromatic nitrogens is 2. The summed E-state index contributed by atoms with van der Waals surface area (Å²) >= 11 is 1.37. The third-order valence-electron chi connectivity index (χ3n) is 6.35. The number of benzene rings is 1. The van der Waals surface area contributed by atoms with E-state index < -0.39 is 0 Å². The van der Waals surface area contributed by atoms with E-state index in [4.69, 9.17) is 4.74 Å². The average molecular weight is 398 g/mol. The minimum atomic E-state index is -0.323. The molecule has 28 heavy (non-hydrogen) atoms. The summed E-state index contributed by atoms with van der Waals surface area (Å²) in [5, 5.41) is 5.49. The Balaban J connectivity index is 1.44. The Labute approximate surface area is 166 Å². The normalized spacial score (nSPS) is 23.5. The molecule has 5 rings (SSSR count). The highest BCUT2D eigenvalue weighted by Gasteiger charge is 2.40. The highest BCUT2D eigenvalue weighted by molar-refractivity contribution is 7.17. The molecule has 1 aliphatic heterocycles. The van der Waals surface area contributed by atoms with Gasteiger partial charge >= 0.3 is 5.69 Å². The predicted molar refractivity (Wildman–Crippen MR) is 111 cm³/mol. The molecule has 3 atom stereocenters. The third-order valence-corrected chi connectivity index (χ3v) is 7.25. The molecular formula is C21H23N3O3S. The zero-order valence-corrected chi connectivity index (χ0v) is 16.6. The summed E-state index contributed by atoms with van der Waals surface area (Å²) in [6, 6.07) is 8.34. The van der Waals surface area contributed by atoms with Gasteiger partial charge in [-0.1, -0.05) is 12.1 Å². The van der Waals surface area contributed by atoms with Crippen molar-refractivity contribution in [3.05, 3.63) is 61.6 Å². The molecule has 2 aliphatic rings. The van der Waals surface area contributed by atoms with Gasteiger partial charge in [0.1, 0.15) is 10.4 Å². The van der Waals surface area contributed by atoms with Crippen LogP contribution in [0.25, 0.3) is 10.2 Å². The molecule has 2 N–H and O–H groups in total. The zero-order chi connectivity index (χ0) is 19.3. The van der Waals surface area contributed by atoms with Gasteiger partial charge in [0.2, 0.25) is 0 Å². The Kier molecular flexibility index (Phi) is 4.36. The number of thiophene rings is 1. The number of aromatic amines is 1. The summed E-state index contributed by atoms with van der Waals surface area (Å²) in [7, 11) is 1.73. The van der Waals surface area contributed by atoms with Crippen molar-refractivity contribution < 1.29 is 4.74 Å². The molecule has 0 radical (unpaired) electrons. The zero-order valence-electron chi connectivity index (χ0n) is 15.7. The van der Waals surface area contributed by atoms with E-state index in [1.165, 1.54) is 27.0 Å². The van der Waals surface area contributed by atoms with Crippen LogP contribution in [-0.4, -0.2) is 29.2 Å². The maximum atomic E-state index is 12.7. The van der Waals surface area contributed by atoms with Crippen LogP contribution in [0.4, 0.5) is 0 Å². The van der Waals surface area contributed by atoms with Crippen molar-refractivity contribution in [2.45, 2.75) is 37.8 Å². The minimum absolute atomic E-state index is 0.186. The summed E-state index contributed by atoms with van der Waals surface area (Å²) in [5.74, 6) is 1.97. The Morgan fingerprint density at radius 3 is 3.04 bits per heavy atom. The summed E-state index contributed by atoms with van der Waals surface area (Å²) in [4.78, 5) is 27.9. The molecule has 0 bridgehead atoms. The first-order valence-corrected chi connectivity index (χ1v) is 10.6. The summed E-state index contributed by atoms with van der Waals surface area (Å²) in [5.41, 5.74) is 2.80. The number of nitrogens with zero attached hydrogens (tertiary/aromatic N) is 1. The van der Waals surface area contributed by atoms with Crippen LogP contribution in [0.2, 0.25) is 0 Å². The van der Waals surface area contributed by atoms with Gasteiger partial charge < -0.3 is 15.0 Å². The molecule has 3 heterocycles. The van der Waals surface area contributed by atoms with Crippen molar-refractivity contribution in [2.75, 3.05) is 13.7 Å². The first-order valence-electron chi connectivity index (χ1n) is 9.77. The molecular weight excluding hydrogens is 374 g/mol. The van der Waals surface area contributed by atoms with Crippen LogP contribution < -0.4 is 21.3 Å². The number of fused-ring (bicyclic) bond motifs is 4. The van der Waals surface area contributed by atoms with Gasteiger partial charge in [0, 0.05) is 18.5 Å². The van der Waals surface area contributed by atoms with Crippen LogP contribution in [-0.2, 0) is 13.0 Å². The molecule has 0 amide bonds. The monoisotopic (exact) mass is 397 g/mol. The number of hydrogen-bond acceptors (Lipinski definition) is 5. The molecule has 1 fully saturated rings. The molecule has 2 aromatic heterocycles. The van der Waals surface area contributed by atoms with Crippen LogP contribution in [0.15, 0.2) is 39.2 Å². The molecule has 6 nitrogen and oxygen atoms in total. The molecule has 1 aliphatic carbocycles. The van der Waals surface area contributed by atoms with Gasteiger partial charge in [0.25, 0.3) is 5.56 Å². The van der Waals surface area contributed by atoms with E-state index in [1.807, 2.05) is 11.4 Å². The lowest BCUT2D eigenvalue weighted by Crippen LogP contribution is -2.37. The van der Waals surface area contributed by atoms with Crippen molar-refractivity contribution in [1.29, 1.82) is 0 Å². The topological polar surface area (TPSA) is 76.1 Å². The fourth-order valence-corrected chi connectivity index (χ4v) is 5.84. The van der Waals surface area contributed by atoms with Crippen molar-refractivity contribution in [1.82, 2.24) is 14.9 Å². The first-order chi connectivity index (χ1) is 13.7. The maximum absolute atomic E-state index is 12.7. The fraction of sp³-hybridized carbons (Fsp3) is 0.429. The molecule has 0 saturated carbocycles. The summed E-state index contributed by atoms with van der Waals surface area (Å²) in [6.45, 7) is 1.41. The Morgan fingerprint density at radius 2 is 2.18 bits per heavy atom. The van der Waals surface area contributed by atoms with E-state index in [-0.39, 0.29) is 17.3 Å². The van der Waals surface area contributed by atoms with E-state index in [2.05, 4.69) is 22.4 Å². The number of hydrogen-bond donors (Lipinski definition) is 2. The number of nitrogens with one attached hydrogen (secondary N) is 2. The molecule has 0 spiro atoms. The number of H-pyrrole nitrogens is 1.